The quantitative estimate of drug-likeness (QED) is 0.257. The van der Waals surface area contributed by atoms with Gasteiger partial charge in [0.2, 0.25) is 0 Å². The van der Waals surface area contributed by atoms with E-state index in [2.05, 4.69) is 64.5 Å². The van der Waals surface area contributed by atoms with Gasteiger partial charge in [0.1, 0.15) is 6.61 Å². The molecule has 0 aliphatic heterocycles. The summed E-state index contributed by atoms with van der Waals surface area (Å²) in [5, 5.41) is 0. The zero-order chi connectivity index (χ0) is 28.9. The van der Waals surface area contributed by atoms with Crippen molar-refractivity contribution in [1.29, 1.82) is 0 Å². The maximum Gasteiger partial charge on any atom is 0.334 e. The predicted molar refractivity (Wildman–Crippen MR) is 154 cm³/mol. The lowest BCUT2D eigenvalue weighted by Gasteiger charge is -2.18. The van der Waals surface area contributed by atoms with Gasteiger partial charge in [0.15, 0.2) is 6.61 Å². The standard InChI is InChI=1S/C34H38O4/c1-19(2)33(35)37-17-13-14-29-21(5)23(7)30(24(8)22(29)6)15-16-31-25(9)27(11)32(28(12)26(31)10)18-38-34(36)20(3)4/h1,3,17-18H2,2,4-12H3. The van der Waals surface area contributed by atoms with Crippen LogP contribution in [0.5, 0.6) is 0 Å². The third-order valence-corrected chi connectivity index (χ3v) is 7.25. The summed E-state index contributed by atoms with van der Waals surface area (Å²) in [4.78, 5) is 23.5. The molecular weight excluding hydrogens is 472 g/mol. The molecule has 0 atom stereocenters. The van der Waals surface area contributed by atoms with Gasteiger partial charge in [-0.05, 0) is 119 Å². The van der Waals surface area contributed by atoms with Gasteiger partial charge in [-0.2, -0.15) is 0 Å². The third-order valence-electron chi connectivity index (χ3n) is 7.25. The molecule has 0 aliphatic carbocycles. The van der Waals surface area contributed by atoms with Crippen LogP contribution < -0.4 is 0 Å². The summed E-state index contributed by atoms with van der Waals surface area (Å²) in [6, 6.07) is 0. The van der Waals surface area contributed by atoms with E-state index in [1.54, 1.807) is 13.8 Å². The number of carbonyl (C=O) groups is 2. The van der Waals surface area contributed by atoms with Crippen LogP contribution >= 0.6 is 0 Å². The molecule has 0 heterocycles. The Hall–Kier alpha value is -4.02. The number of esters is 2. The van der Waals surface area contributed by atoms with Gasteiger partial charge in [-0.1, -0.05) is 36.8 Å². The molecule has 0 saturated carbocycles. The first kappa shape index (κ1) is 30.2. The summed E-state index contributed by atoms with van der Waals surface area (Å²) in [5.41, 5.74) is 13.3. The van der Waals surface area contributed by atoms with Gasteiger partial charge in [-0.25, -0.2) is 9.59 Å². The number of rotatable bonds is 5. The molecule has 2 aromatic carbocycles. The molecule has 198 valence electrons. The zero-order valence-corrected chi connectivity index (χ0v) is 24.5. The van der Waals surface area contributed by atoms with Crippen molar-refractivity contribution in [3.63, 3.8) is 0 Å². The minimum atomic E-state index is -0.442. The molecule has 0 bridgehead atoms. The largest absolute Gasteiger partial charge is 0.457 e. The molecule has 0 spiro atoms. The van der Waals surface area contributed by atoms with Crippen LogP contribution in [0, 0.1) is 79.1 Å². The SMILES string of the molecule is C=C(C)C(=O)OCC#Cc1c(C)c(C)c(C#Cc2c(C)c(C)c(COC(=O)C(=C)C)c(C)c2C)c(C)c1C. The summed E-state index contributed by atoms with van der Waals surface area (Å²) in [6.45, 7) is 27.1. The lowest BCUT2D eigenvalue weighted by Crippen LogP contribution is -2.09. The van der Waals surface area contributed by atoms with E-state index in [9.17, 15) is 9.59 Å². The summed E-state index contributed by atoms with van der Waals surface area (Å²) < 4.78 is 10.5. The summed E-state index contributed by atoms with van der Waals surface area (Å²) in [5.74, 6) is 12.2. The van der Waals surface area contributed by atoms with Crippen LogP contribution in [0.3, 0.4) is 0 Å². The highest BCUT2D eigenvalue weighted by molar-refractivity contribution is 5.87. The molecule has 2 rings (SSSR count). The third kappa shape index (κ3) is 6.45. The Morgan fingerprint density at radius 2 is 0.921 bits per heavy atom. The average molecular weight is 511 g/mol. The van der Waals surface area contributed by atoms with Crippen LogP contribution in [0.25, 0.3) is 0 Å². The van der Waals surface area contributed by atoms with E-state index < -0.39 is 5.97 Å². The monoisotopic (exact) mass is 510 g/mol. The van der Waals surface area contributed by atoms with E-state index in [-0.39, 0.29) is 19.2 Å². The molecule has 0 unspecified atom stereocenters. The van der Waals surface area contributed by atoms with E-state index in [0.717, 1.165) is 66.8 Å². The minimum Gasteiger partial charge on any atom is -0.457 e. The van der Waals surface area contributed by atoms with Crippen molar-refractivity contribution in [3.05, 3.63) is 91.1 Å². The first-order valence-corrected chi connectivity index (χ1v) is 12.6. The van der Waals surface area contributed by atoms with Crippen molar-refractivity contribution < 1.29 is 19.1 Å². The van der Waals surface area contributed by atoms with Gasteiger partial charge in [0.05, 0.1) is 0 Å². The second-order valence-corrected chi connectivity index (χ2v) is 9.87. The fraction of sp³-hybridized carbons (Fsp3) is 0.353. The summed E-state index contributed by atoms with van der Waals surface area (Å²) in [7, 11) is 0. The van der Waals surface area contributed by atoms with Crippen LogP contribution in [0.4, 0.5) is 0 Å². The predicted octanol–water partition coefficient (Wildman–Crippen LogP) is 6.64. The van der Waals surface area contributed by atoms with Crippen LogP contribution in [0.1, 0.15) is 80.6 Å². The molecular formula is C34H38O4. The average Bonchev–Trinajstić information content (AvgIpc) is 2.86. The molecule has 0 N–H and O–H groups in total. The molecule has 0 radical (unpaired) electrons. The number of benzene rings is 2. The second kappa shape index (κ2) is 12.5. The van der Waals surface area contributed by atoms with E-state index in [1.807, 2.05) is 27.7 Å². The lowest BCUT2D eigenvalue weighted by molar-refractivity contribution is -0.140. The van der Waals surface area contributed by atoms with Crippen LogP contribution in [0.2, 0.25) is 0 Å². The van der Waals surface area contributed by atoms with Gasteiger partial charge in [0.25, 0.3) is 0 Å². The van der Waals surface area contributed by atoms with Gasteiger partial charge in [-0.3, -0.25) is 0 Å². The maximum atomic E-state index is 11.9. The van der Waals surface area contributed by atoms with Crippen molar-refractivity contribution in [2.45, 2.75) is 75.8 Å². The fourth-order valence-corrected chi connectivity index (χ4v) is 4.22. The first-order valence-electron chi connectivity index (χ1n) is 12.6. The Morgan fingerprint density at radius 3 is 1.32 bits per heavy atom. The molecule has 0 aromatic heterocycles. The van der Waals surface area contributed by atoms with E-state index in [4.69, 9.17) is 9.47 Å². The molecule has 38 heavy (non-hydrogen) atoms. The highest BCUT2D eigenvalue weighted by Gasteiger charge is 2.16. The van der Waals surface area contributed by atoms with Gasteiger partial charge < -0.3 is 9.47 Å². The highest BCUT2D eigenvalue weighted by atomic mass is 16.5. The van der Waals surface area contributed by atoms with Gasteiger partial charge in [-0.15, -0.1) is 0 Å². The number of hydrogen-bond acceptors (Lipinski definition) is 4. The fourth-order valence-electron chi connectivity index (χ4n) is 4.22. The minimum absolute atomic E-state index is 0.0177. The van der Waals surface area contributed by atoms with Crippen molar-refractivity contribution in [1.82, 2.24) is 0 Å². The van der Waals surface area contributed by atoms with Gasteiger partial charge in [0, 0.05) is 27.8 Å². The molecule has 4 nitrogen and oxygen atoms in total. The first-order chi connectivity index (χ1) is 17.7. The molecule has 2 aromatic rings. The molecule has 0 saturated heterocycles. The van der Waals surface area contributed by atoms with Crippen molar-refractivity contribution in [3.8, 4) is 23.7 Å². The Morgan fingerprint density at radius 1 is 0.579 bits per heavy atom. The normalized spacial score (nSPS) is 10.1. The topological polar surface area (TPSA) is 52.6 Å². The Balaban J connectivity index is 2.49. The van der Waals surface area contributed by atoms with Crippen molar-refractivity contribution in [2.24, 2.45) is 0 Å². The van der Waals surface area contributed by atoms with Crippen molar-refractivity contribution in [2.75, 3.05) is 6.61 Å². The number of hydrogen-bond donors (Lipinski definition) is 0. The Labute approximate surface area is 228 Å². The van der Waals surface area contributed by atoms with E-state index >= 15 is 0 Å². The molecule has 0 amide bonds. The second-order valence-electron chi connectivity index (χ2n) is 9.87. The highest BCUT2D eigenvalue weighted by Crippen LogP contribution is 2.29. The molecule has 0 fully saturated rings. The van der Waals surface area contributed by atoms with E-state index in [0.29, 0.717) is 11.1 Å². The Bertz CT molecular complexity index is 1420. The molecule has 0 aliphatic rings. The van der Waals surface area contributed by atoms with Crippen LogP contribution in [0.15, 0.2) is 24.3 Å². The number of carbonyl (C=O) groups excluding carboxylic acids is 2. The smallest absolute Gasteiger partial charge is 0.334 e. The summed E-state index contributed by atoms with van der Waals surface area (Å²) >= 11 is 0. The van der Waals surface area contributed by atoms with Crippen molar-refractivity contribution >= 4 is 11.9 Å². The van der Waals surface area contributed by atoms with Crippen LogP contribution in [-0.4, -0.2) is 18.5 Å². The maximum absolute atomic E-state index is 11.9. The molecule has 4 heteroatoms. The van der Waals surface area contributed by atoms with Crippen LogP contribution in [-0.2, 0) is 25.7 Å². The lowest BCUT2D eigenvalue weighted by atomic mass is 9.87. The van der Waals surface area contributed by atoms with Gasteiger partial charge >= 0.3 is 11.9 Å². The van der Waals surface area contributed by atoms with E-state index in [1.165, 1.54) is 0 Å². The number of ether oxygens (including phenoxy) is 2. The summed E-state index contributed by atoms with van der Waals surface area (Å²) in [6.07, 6.45) is 0. The zero-order valence-electron chi connectivity index (χ0n) is 24.5. The Kier molecular flexibility index (Phi) is 9.92.